The summed E-state index contributed by atoms with van der Waals surface area (Å²) in [4.78, 5) is 0. The van der Waals surface area contributed by atoms with Crippen LogP contribution in [0.25, 0.3) is 0 Å². The van der Waals surface area contributed by atoms with Crippen molar-refractivity contribution in [3.8, 4) is 0 Å². The van der Waals surface area contributed by atoms with Gasteiger partial charge in [0.25, 0.3) is 0 Å². The van der Waals surface area contributed by atoms with Crippen LogP contribution in [0.1, 0.15) is 52.4 Å². The Morgan fingerprint density at radius 1 is 1.56 bits per heavy atom. The molecule has 0 aliphatic heterocycles. The molecule has 0 aromatic carbocycles. The van der Waals surface area contributed by atoms with Gasteiger partial charge in [0.05, 0.1) is 12.2 Å². The molecule has 3 unspecified atom stereocenters. The molecular weight excluding hydrogens is 204 g/mol. The Morgan fingerprint density at radius 2 is 2.31 bits per heavy atom. The van der Waals surface area contributed by atoms with Crippen LogP contribution in [0, 0.1) is 5.92 Å². The van der Waals surface area contributed by atoms with E-state index < -0.39 is 0 Å². The summed E-state index contributed by atoms with van der Waals surface area (Å²) in [5, 5.41) is 11.5. The SMILES string of the molecule is CCC(C/C(N)=N/O)OC1CCCC(C)C1. The molecule has 4 nitrogen and oxygen atoms in total. The second-order valence-corrected chi connectivity index (χ2v) is 4.86. The summed E-state index contributed by atoms with van der Waals surface area (Å²) in [5.74, 6) is 1.02. The van der Waals surface area contributed by atoms with Crippen LogP contribution in [-0.2, 0) is 4.74 Å². The minimum absolute atomic E-state index is 0.0891. The number of nitrogens with zero attached hydrogens (tertiary/aromatic N) is 1. The first kappa shape index (κ1) is 13.3. The van der Waals surface area contributed by atoms with Gasteiger partial charge in [0.15, 0.2) is 0 Å². The third kappa shape index (κ3) is 4.39. The summed E-state index contributed by atoms with van der Waals surface area (Å²) in [6.45, 7) is 4.35. The summed E-state index contributed by atoms with van der Waals surface area (Å²) in [6.07, 6.45) is 6.75. The first-order valence-corrected chi connectivity index (χ1v) is 6.27. The summed E-state index contributed by atoms with van der Waals surface area (Å²) < 4.78 is 6.01. The smallest absolute Gasteiger partial charge is 0.141 e. The van der Waals surface area contributed by atoms with Crippen LogP contribution in [0.15, 0.2) is 5.16 Å². The first-order valence-electron chi connectivity index (χ1n) is 6.27. The Bertz CT molecular complexity index is 231. The summed E-state index contributed by atoms with van der Waals surface area (Å²) in [6, 6.07) is 0. The van der Waals surface area contributed by atoms with Gasteiger partial charge in [0, 0.05) is 6.42 Å². The fourth-order valence-electron chi connectivity index (χ4n) is 2.34. The van der Waals surface area contributed by atoms with Crippen LogP contribution in [0.2, 0.25) is 0 Å². The molecule has 0 saturated heterocycles. The quantitative estimate of drug-likeness (QED) is 0.329. The normalized spacial score (nSPS) is 29.0. The van der Waals surface area contributed by atoms with Gasteiger partial charge in [-0.15, -0.1) is 0 Å². The topological polar surface area (TPSA) is 67.8 Å². The second kappa shape index (κ2) is 6.74. The van der Waals surface area contributed by atoms with E-state index in [4.69, 9.17) is 15.7 Å². The van der Waals surface area contributed by atoms with Crippen molar-refractivity contribution in [1.29, 1.82) is 0 Å². The molecule has 0 aromatic rings. The number of hydrogen-bond acceptors (Lipinski definition) is 3. The van der Waals surface area contributed by atoms with Crippen molar-refractivity contribution in [2.75, 3.05) is 0 Å². The molecule has 0 radical (unpaired) electrons. The Hall–Kier alpha value is -0.770. The van der Waals surface area contributed by atoms with Crippen molar-refractivity contribution in [3.05, 3.63) is 0 Å². The number of ether oxygens (including phenoxy) is 1. The first-order chi connectivity index (χ1) is 7.65. The van der Waals surface area contributed by atoms with Crippen molar-refractivity contribution in [3.63, 3.8) is 0 Å². The minimum atomic E-state index is 0.0891. The molecular formula is C12H24N2O2. The molecule has 0 heterocycles. The zero-order valence-corrected chi connectivity index (χ0v) is 10.4. The van der Waals surface area contributed by atoms with Crippen LogP contribution in [0.5, 0.6) is 0 Å². The van der Waals surface area contributed by atoms with Gasteiger partial charge in [-0.05, 0) is 25.2 Å². The van der Waals surface area contributed by atoms with Crippen molar-refractivity contribution in [2.24, 2.45) is 16.8 Å². The van der Waals surface area contributed by atoms with E-state index >= 15 is 0 Å². The number of amidine groups is 1. The largest absolute Gasteiger partial charge is 0.409 e. The average molecular weight is 228 g/mol. The molecule has 1 saturated carbocycles. The Labute approximate surface area is 97.8 Å². The molecule has 1 aliphatic carbocycles. The van der Waals surface area contributed by atoms with Crippen LogP contribution in [0.4, 0.5) is 0 Å². The van der Waals surface area contributed by atoms with Crippen LogP contribution < -0.4 is 5.73 Å². The number of rotatable bonds is 5. The molecule has 0 amide bonds. The maximum absolute atomic E-state index is 8.53. The van der Waals surface area contributed by atoms with Crippen molar-refractivity contribution in [2.45, 2.75) is 64.6 Å². The van der Waals surface area contributed by atoms with E-state index in [9.17, 15) is 0 Å². The molecule has 0 aromatic heterocycles. The third-order valence-corrected chi connectivity index (χ3v) is 3.29. The van der Waals surface area contributed by atoms with Gasteiger partial charge >= 0.3 is 0 Å². The molecule has 1 rings (SSSR count). The van der Waals surface area contributed by atoms with Gasteiger partial charge in [-0.3, -0.25) is 0 Å². The Balaban J connectivity index is 2.37. The summed E-state index contributed by atoms with van der Waals surface area (Å²) in [7, 11) is 0. The van der Waals surface area contributed by atoms with Crippen molar-refractivity contribution < 1.29 is 9.94 Å². The standard InChI is InChI=1S/C12H24N2O2/c1-3-10(8-12(13)14-15)16-11-6-4-5-9(2)7-11/h9-11,15H,3-8H2,1-2H3,(H2,13,14). The van der Waals surface area contributed by atoms with Crippen LogP contribution in [0.3, 0.4) is 0 Å². The molecule has 16 heavy (non-hydrogen) atoms. The fourth-order valence-corrected chi connectivity index (χ4v) is 2.34. The highest BCUT2D eigenvalue weighted by molar-refractivity contribution is 5.80. The lowest BCUT2D eigenvalue weighted by Gasteiger charge is -2.30. The molecule has 3 N–H and O–H groups in total. The highest BCUT2D eigenvalue weighted by atomic mass is 16.5. The monoisotopic (exact) mass is 228 g/mol. The molecule has 3 atom stereocenters. The molecule has 0 bridgehead atoms. The van der Waals surface area contributed by atoms with E-state index in [1.54, 1.807) is 0 Å². The van der Waals surface area contributed by atoms with E-state index in [-0.39, 0.29) is 11.9 Å². The number of oxime groups is 1. The zero-order chi connectivity index (χ0) is 12.0. The van der Waals surface area contributed by atoms with Gasteiger partial charge in [-0.2, -0.15) is 0 Å². The van der Waals surface area contributed by atoms with Crippen LogP contribution in [-0.4, -0.2) is 23.3 Å². The Kier molecular flexibility index (Phi) is 5.60. The predicted molar refractivity (Wildman–Crippen MR) is 64.6 cm³/mol. The average Bonchev–Trinajstić information content (AvgIpc) is 2.28. The summed E-state index contributed by atoms with van der Waals surface area (Å²) >= 11 is 0. The molecule has 94 valence electrons. The lowest BCUT2D eigenvalue weighted by Crippen LogP contribution is -2.30. The highest BCUT2D eigenvalue weighted by Crippen LogP contribution is 2.27. The minimum Gasteiger partial charge on any atom is -0.409 e. The van der Waals surface area contributed by atoms with Gasteiger partial charge < -0.3 is 15.7 Å². The van der Waals surface area contributed by atoms with Crippen molar-refractivity contribution >= 4 is 5.84 Å². The van der Waals surface area contributed by atoms with E-state index in [0.29, 0.717) is 12.5 Å². The molecule has 0 spiro atoms. The molecule has 1 aliphatic rings. The lowest BCUT2D eigenvalue weighted by atomic mass is 9.88. The van der Waals surface area contributed by atoms with Crippen LogP contribution >= 0.6 is 0 Å². The van der Waals surface area contributed by atoms with Crippen molar-refractivity contribution in [1.82, 2.24) is 0 Å². The highest BCUT2D eigenvalue weighted by Gasteiger charge is 2.22. The van der Waals surface area contributed by atoms with E-state index in [0.717, 1.165) is 25.2 Å². The predicted octanol–water partition coefficient (Wildman–Crippen LogP) is 2.50. The number of hydrogen-bond donors (Lipinski definition) is 2. The maximum Gasteiger partial charge on any atom is 0.141 e. The second-order valence-electron chi connectivity index (χ2n) is 4.86. The van der Waals surface area contributed by atoms with E-state index in [1.165, 1.54) is 12.8 Å². The van der Waals surface area contributed by atoms with Gasteiger partial charge in [-0.25, -0.2) is 0 Å². The lowest BCUT2D eigenvalue weighted by molar-refractivity contribution is -0.0368. The molecule has 4 heteroatoms. The fraction of sp³-hybridized carbons (Fsp3) is 0.917. The zero-order valence-electron chi connectivity index (χ0n) is 10.4. The van der Waals surface area contributed by atoms with Gasteiger partial charge in [0.1, 0.15) is 5.84 Å². The Morgan fingerprint density at radius 3 is 2.88 bits per heavy atom. The van der Waals surface area contributed by atoms with Gasteiger partial charge in [0.2, 0.25) is 0 Å². The van der Waals surface area contributed by atoms with E-state index in [2.05, 4.69) is 19.0 Å². The van der Waals surface area contributed by atoms with Gasteiger partial charge in [-0.1, -0.05) is 31.8 Å². The number of nitrogens with two attached hydrogens (primary N) is 1. The maximum atomic E-state index is 8.53. The molecule has 1 fully saturated rings. The van der Waals surface area contributed by atoms with E-state index in [1.807, 2.05) is 0 Å². The third-order valence-electron chi connectivity index (χ3n) is 3.29. The summed E-state index contributed by atoms with van der Waals surface area (Å²) in [5.41, 5.74) is 5.50.